The average Bonchev–Trinajstić information content (AvgIpc) is 2.43. The number of hydrogen-bond acceptors (Lipinski definition) is 3. The van der Waals surface area contributed by atoms with Gasteiger partial charge < -0.3 is 9.73 Å². The van der Waals surface area contributed by atoms with Gasteiger partial charge in [0, 0.05) is 13.1 Å². The standard InChI is InChI=1S/C11H18N2O/c1-10-3-4-11(14-10)9-13-7-2-5-12-6-8-13/h3-4,12H,2,5-9H2,1H3. The van der Waals surface area contributed by atoms with Crippen LogP contribution in [0, 0.1) is 6.92 Å². The van der Waals surface area contributed by atoms with Crippen LogP contribution in [0.2, 0.25) is 0 Å². The molecule has 0 aliphatic carbocycles. The molecule has 3 nitrogen and oxygen atoms in total. The fourth-order valence-electron chi connectivity index (χ4n) is 1.85. The summed E-state index contributed by atoms with van der Waals surface area (Å²) in [5.41, 5.74) is 0. The Kier molecular flexibility index (Phi) is 3.22. The maximum atomic E-state index is 5.56. The summed E-state index contributed by atoms with van der Waals surface area (Å²) >= 11 is 0. The summed E-state index contributed by atoms with van der Waals surface area (Å²) in [6, 6.07) is 4.11. The second-order valence-electron chi connectivity index (χ2n) is 3.89. The smallest absolute Gasteiger partial charge is 0.118 e. The first-order chi connectivity index (χ1) is 6.84. The van der Waals surface area contributed by atoms with E-state index in [0.717, 1.165) is 37.7 Å². The molecule has 0 aromatic carbocycles. The van der Waals surface area contributed by atoms with Crippen molar-refractivity contribution >= 4 is 0 Å². The van der Waals surface area contributed by atoms with Crippen LogP contribution < -0.4 is 5.32 Å². The summed E-state index contributed by atoms with van der Waals surface area (Å²) in [4.78, 5) is 2.44. The van der Waals surface area contributed by atoms with E-state index in [1.54, 1.807) is 0 Å². The third-order valence-electron chi connectivity index (χ3n) is 2.61. The van der Waals surface area contributed by atoms with E-state index in [0.29, 0.717) is 0 Å². The van der Waals surface area contributed by atoms with Gasteiger partial charge in [0.1, 0.15) is 11.5 Å². The minimum absolute atomic E-state index is 0.954. The quantitative estimate of drug-likeness (QED) is 0.771. The van der Waals surface area contributed by atoms with Crippen molar-refractivity contribution < 1.29 is 4.42 Å². The predicted octanol–water partition coefficient (Wildman–Crippen LogP) is 1.38. The van der Waals surface area contributed by atoms with Crippen LogP contribution in [0.3, 0.4) is 0 Å². The Morgan fingerprint density at radius 3 is 3.07 bits per heavy atom. The van der Waals surface area contributed by atoms with E-state index in [1.807, 2.05) is 13.0 Å². The Morgan fingerprint density at radius 2 is 2.29 bits per heavy atom. The molecule has 0 bridgehead atoms. The van der Waals surface area contributed by atoms with E-state index in [2.05, 4.69) is 16.3 Å². The largest absolute Gasteiger partial charge is 0.465 e. The van der Waals surface area contributed by atoms with Crippen LogP contribution in [-0.4, -0.2) is 31.1 Å². The van der Waals surface area contributed by atoms with Crippen LogP contribution in [0.5, 0.6) is 0 Å². The number of furan rings is 1. The molecule has 14 heavy (non-hydrogen) atoms. The van der Waals surface area contributed by atoms with Crippen molar-refractivity contribution in [3.8, 4) is 0 Å². The van der Waals surface area contributed by atoms with E-state index in [9.17, 15) is 0 Å². The molecule has 1 fully saturated rings. The third-order valence-corrected chi connectivity index (χ3v) is 2.61. The van der Waals surface area contributed by atoms with Gasteiger partial charge in [0.15, 0.2) is 0 Å². The zero-order valence-electron chi connectivity index (χ0n) is 8.75. The van der Waals surface area contributed by atoms with Crippen molar-refractivity contribution in [2.75, 3.05) is 26.2 Å². The lowest BCUT2D eigenvalue weighted by molar-refractivity contribution is 0.257. The van der Waals surface area contributed by atoms with Crippen LogP contribution >= 0.6 is 0 Å². The molecule has 0 radical (unpaired) electrons. The van der Waals surface area contributed by atoms with Gasteiger partial charge in [-0.2, -0.15) is 0 Å². The molecule has 2 rings (SSSR count). The van der Waals surface area contributed by atoms with Gasteiger partial charge in [0.2, 0.25) is 0 Å². The highest BCUT2D eigenvalue weighted by molar-refractivity contribution is 5.05. The second kappa shape index (κ2) is 4.62. The molecule has 78 valence electrons. The van der Waals surface area contributed by atoms with Crippen molar-refractivity contribution in [3.05, 3.63) is 23.7 Å². The first kappa shape index (κ1) is 9.74. The van der Waals surface area contributed by atoms with Gasteiger partial charge in [0.05, 0.1) is 6.54 Å². The molecule has 3 heteroatoms. The molecule has 0 unspecified atom stereocenters. The number of rotatable bonds is 2. The first-order valence-electron chi connectivity index (χ1n) is 5.33. The number of nitrogens with one attached hydrogen (secondary N) is 1. The molecule has 0 amide bonds. The van der Waals surface area contributed by atoms with E-state index in [4.69, 9.17) is 4.42 Å². The van der Waals surface area contributed by atoms with Crippen molar-refractivity contribution in [2.45, 2.75) is 19.9 Å². The van der Waals surface area contributed by atoms with Crippen molar-refractivity contribution in [3.63, 3.8) is 0 Å². The van der Waals surface area contributed by atoms with Gasteiger partial charge in [-0.05, 0) is 38.6 Å². The topological polar surface area (TPSA) is 28.4 Å². The maximum absolute atomic E-state index is 5.56. The number of hydrogen-bond donors (Lipinski definition) is 1. The van der Waals surface area contributed by atoms with E-state index >= 15 is 0 Å². The van der Waals surface area contributed by atoms with Gasteiger partial charge in [-0.25, -0.2) is 0 Å². The van der Waals surface area contributed by atoms with E-state index in [-0.39, 0.29) is 0 Å². The summed E-state index contributed by atoms with van der Waals surface area (Å²) in [5.74, 6) is 2.09. The fourth-order valence-corrected chi connectivity index (χ4v) is 1.85. The molecule has 0 spiro atoms. The lowest BCUT2D eigenvalue weighted by Gasteiger charge is -2.17. The summed E-state index contributed by atoms with van der Waals surface area (Å²) in [5, 5.41) is 3.40. The molecular formula is C11H18N2O. The molecule has 0 atom stereocenters. The van der Waals surface area contributed by atoms with E-state index in [1.165, 1.54) is 13.0 Å². The SMILES string of the molecule is Cc1ccc(CN2CCCNCC2)o1. The molecule has 1 aromatic rings. The van der Waals surface area contributed by atoms with Crippen LogP contribution in [0.1, 0.15) is 17.9 Å². The average molecular weight is 194 g/mol. The highest BCUT2D eigenvalue weighted by atomic mass is 16.3. The zero-order valence-corrected chi connectivity index (χ0v) is 8.75. The van der Waals surface area contributed by atoms with Crippen LogP contribution in [0.25, 0.3) is 0 Å². The summed E-state index contributed by atoms with van der Waals surface area (Å²) in [7, 11) is 0. The molecule has 1 saturated heterocycles. The molecule has 1 aliphatic heterocycles. The second-order valence-corrected chi connectivity index (χ2v) is 3.89. The minimum atomic E-state index is 0.954. The van der Waals surface area contributed by atoms with Crippen molar-refractivity contribution in [2.24, 2.45) is 0 Å². The molecular weight excluding hydrogens is 176 g/mol. The highest BCUT2D eigenvalue weighted by Gasteiger charge is 2.10. The van der Waals surface area contributed by atoms with Gasteiger partial charge in [-0.15, -0.1) is 0 Å². The van der Waals surface area contributed by atoms with Crippen LogP contribution in [0.15, 0.2) is 16.5 Å². The summed E-state index contributed by atoms with van der Waals surface area (Å²) < 4.78 is 5.56. The zero-order chi connectivity index (χ0) is 9.80. The normalized spacial score (nSPS) is 19.5. The monoisotopic (exact) mass is 194 g/mol. The maximum Gasteiger partial charge on any atom is 0.118 e. The van der Waals surface area contributed by atoms with Gasteiger partial charge in [-0.3, -0.25) is 4.90 Å². The molecule has 2 heterocycles. The number of aryl methyl sites for hydroxylation is 1. The Morgan fingerprint density at radius 1 is 1.36 bits per heavy atom. The molecule has 1 N–H and O–H groups in total. The van der Waals surface area contributed by atoms with Gasteiger partial charge in [-0.1, -0.05) is 0 Å². The Labute approximate surface area is 85.1 Å². The Hall–Kier alpha value is -0.800. The summed E-state index contributed by atoms with van der Waals surface area (Å²) in [6.45, 7) is 7.49. The van der Waals surface area contributed by atoms with Crippen molar-refractivity contribution in [1.82, 2.24) is 10.2 Å². The predicted molar refractivity (Wildman–Crippen MR) is 56.2 cm³/mol. The van der Waals surface area contributed by atoms with Crippen LogP contribution in [-0.2, 0) is 6.54 Å². The lowest BCUT2D eigenvalue weighted by Crippen LogP contribution is -2.27. The molecule has 1 aliphatic rings. The Bertz CT molecular complexity index is 275. The minimum Gasteiger partial charge on any atom is -0.465 e. The fraction of sp³-hybridized carbons (Fsp3) is 0.636. The lowest BCUT2D eigenvalue weighted by atomic mass is 10.3. The first-order valence-corrected chi connectivity index (χ1v) is 5.33. The molecule has 1 aromatic heterocycles. The van der Waals surface area contributed by atoms with Gasteiger partial charge >= 0.3 is 0 Å². The number of nitrogens with zero attached hydrogens (tertiary/aromatic N) is 1. The van der Waals surface area contributed by atoms with E-state index < -0.39 is 0 Å². The van der Waals surface area contributed by atoms with Crippen molar-refractivity contribution in [1.29, 1.82) is 0 Å². The summed E-state index contributed by atoms with van der Waals surface area (Å²) in [6.07, 6.45) is 1.24. The van der Waals surface area contributed by atoms with Gasteiger partial charge in [0.25, 0.3) is 0 Å². The third kappa shape index (κ3) is 2.59. The highest BCUT2D eigenvalue weighted by Crippen LogP contribution is 2.10. The van der Waals surface area contributed by atoms with Crippen LogP contribution in [0.4, 0.5) is 0 Å². The molecule has 0 saturated carbocycles. The Balaban J connectivity index is 1.89.